The summed E-state index contributed by atoms with van der Waals surface area (Å²) in [6, 6.07) is 3.60. The molecule has 2 aromatic rings. The van der Waals surface area contributed by atoms with E-state index in [-0.39, 0.29) is 0 Å². The van der Waals surface area contributed by atoms with E-state index in [1.54, 1.807) is 18.5 Å². The van der Waals surface area contributed by atoms with Crippen LogP contribution in [0.5, 0.6) is 0 Å². The molecule has 0 aliphatic heterocycles. The summed E-state index contributed by atoms with van der Waals surface area (Å²) < 4.78 is 4.77. The largest absolute Gasteiger partial charge is 0.368 e. The first-order valence-corrected chi connectivity index (χ1v) is 3.90. The molecular formula is C9H9N3O. The molecule has 0 spiro atoms. The van der Waals surface area contributed by atoms with Gasteiger partial charge in [-0.2, -0.15) is 0 Å². The molecule has 2 aromatic heterocycles. The molecule has 0 atom stereocenters. The number of nitrogens with two attached hydrogens (primary N) is 1. The van der Waals surface area contributed by atoms with Crippen LogP contribution in [0.4, 0.5) is 5.88 Å². The van der Waals surface area contributed by atoms with Gasteiger partial charge in [-0.05, 0) is 18.6 Å². The summed E-state index contributed by atoms with van der Waals surface area (Å²) in [4.78, 5) is 4.01. The van der Waals surface area contributed by atoms with Crippen LogP contribution in [0.3, 0.4) is 0 Å². The Hall–Kier alpha value is -1.84. The minimum absolute atomic E-state index is 0.318. The number of pyridine rings is 1. The van der Waals surface area contributed by atoms with Gasteiger partial charge in [0.1, 0.15) is 5.69 Å². The third kappa shape index (κ3) is 1.38. The zero-order valence-electron chi connectivity index (χ0n) is 7.19. The van der Waals surface area contributed by atoms with Gasteiger partial charge in [0.15, 0.2) is 0 Å². The average molecular weight is 175 g/mol. The minimum Gasteiger partial charge on any atom is -0.368 e. The van der Waals surface area contributed by atoms with Crippen molar-refractivity contribution in [1.82, 2.24) is 10.1 Å². The fraction of sp³-hybridized carbons (Fsp3) is 0.111. The highest BCUT2D eigenvalue weighted by atomic mass is 16.5. The van der Waals surface area contributed by atoms with Gasteiger partial charge in [-0.15, -0.1) is 0 Å². The summed E-state index contributed by atoms with van der Waals surface area (Å²) in [6.07, 6.45) is 3.48. The number of aryl methyl sites for hydroxylation is 1. The lowest BCUT2D eigenvalue weighted by Crippen LogP contribution is -1.83. The predicted octanol–water partition coefficient (Wildman–Crippen LogP) is 1.63. The molecule has 0 aliphatic carbocycles. The highest BCUT2D eigenvalue weighted by Gasteiger charge is 2.06. The Labute approximate surface area is 75.4 Å². The van der Waals surface area contributed by atoms with E-state index in [1.165, 1.54) is 0 Å². The van der Waals surface area contributed by atoms with E-state index in [9.17, 15) is 0 Å². The molecule has 0 saturated carbocycles. The average Bonchev–Trinajstić information content (AvgIpc) is 2.53. The van der Waals surface area contributed by atoms with E-state index >= 15 is 0 Å². The van der Waals surface area contributed by atoms with Gasteiger partial charge >= 0.3 is 0 Å². The molecule has 0 fully saturated rings. The van der Waals surface area contributed by atoms with Crippen molar-refractivity contribution >= 4 is 5.88 Å². The number of hydrogen-bond acceptors (Lipinski definition) is 4. The lowest BCUT2D eigenvalue weighted by atomic mass is 10.1. The second-order valence-corrected chi connectivity index (χ2v) is 2.81. The number of anilines is 1. The Morgan fingerprint density at radius 1 is 1.46 bits per heavy atom. The Balaban J connectivity index is 2.52. The lowest BCUT2D eigenvalue weighted by molar-refractivity contribution is 0.439. The zero-order chi connectivity index (χ0) is 9.26. The van der Waals surface area contributed by atoms with E-state index in [0.717, 1.165) is 16.8 Å². The van der Waals surface area contributed by atoms with Crippen molar-refractivity contribution in [3.8, 4) is 11.3 Å². The van der Waals surface area contributed by atoms with Crippen LogP contribution in [-0.4, -0.2) is 10.1 Å². The Morgan fingerprint density at radius 2 is 2.31 bits per heavy atom. The molecule has 0 bridgehead atoms. The molecular weight excluding hydrogens is 166 g/mol. The third-order valence-corrected chi connectivity index (χ3v) is 1.84. The second kappa shape index (κ2) is 2.90. The fourth-order valence-electron chi connectivity index (χ4n) is 1.15. The molecule has 0 unspecified atom stereocenters. The SMILES string of the molecule is Cc1ccncc1-c1cc(N)on1. The normalized spacial score (nSPS) is 10.2. The number of hydrogen-bond donors (Lipinski definition) is 1. The molecule has 13 heavy (non-hydrogen) atoms. The molecule has 0 aromatic carbocycles. The topological polar surface area (TPSA) is 64.9 Å². The molecule has 0 saturated heterocycles. The van der Waals surface area contributed by atoms with Crippen molar-refractivity contribution in [3.05, 3.63) is 30.1 Å². The summed E-state index contributed by atoms with van der Waals surface area (Å²) >= 11 is 0. The highest BCUT2D eigenvalue weighted by Crippen LogP contribution is 2.22. The van der Waals surface area contributed by atoms with Crippen LogP contribution in [0.1, 0.15) is 5.56 Å². The zero-order valence-corrected chi connectivity index (χ0v) is 7.19. The number of aromatic nitrogens is 2. The summed E-state index contributed by atoms with van der Waals surface area (Å²) in [5, 5.41) is 3.81. The number of rotatable bonds is 1. The van der Waals surface area contributed by atoms with Gasteiger partial charge in [-0.25, -0.2) is 0 Å². The number of nitrogens with zero attached hydrogens (tertiary/aromatic N) is 2. The predicted molar refractivity (Wildman–Crippen MR) is 48.9 cm³/mol. The molecule has 0 aliphatic rings. The van der Waals surface area contributed by atoms with Gasteiger partial charge in [0.2, 0.25) is 5.88 Å². The quantitative estimate of drug-likeness (QED) is 0.715. The van der Waals surface area contributed by atoms with Gasteiger partial charge in [-0.1, -0.05) is 5.16 Å². The van der Waals surface area contributed by atoms with Crippen LogP contribution in [-0.2, 0) is 0 Å². The van der Waals surface area contributed by atoms with Crippen molar-refractivity contribution in [2.75, 3.05) is 5.73 Å². The first-order valence-electron chi connectivity index (χ1n) is 3.90. The van der Waals surface area contributed by atoms with Crippen LogP contribution in [0.15, 0.2) is 29.0 Å². The number of nitrogen functional groups attached to an aromatic ring is 1. The molecule has 66 valence electrons. The maximum atomic E-state index is 5.42. The molecule has 2 N–H and O–H groups in total. The van der Waals surface area contributed by atoms with Crippen molar-refractivity contribution in [3.63, 3.8) is 0 Å². The van der Waals surface area contributed by atoms with Gasteiger partial charge in [0.05, 0.1) is 0 Å². The molecule has 4 nitrogen and oxygen atoms in total. The summed E-state index contributed by atoms with van der Waals surface area (Å²) in [7, 11) is 0. The van der Waals surface area contributed by atoms with Crippen molar-refractivity contribution < 1.29 is 4.52 Å². The molecule has 0 amide bonds. The van der Waals surface area contributed by atoms with Crippen molar-refractivity contribution in [1.29, 1.82) is 0 Å². The Bertz CT molecular complexity index is 422. The monoisotopic (exact) mass is 175 g/mol. The van der Waals surface area contributed by atoms with E-state index in [0.29, 0.717) is 5.88 Å². The van der Waals surface area contributed by atoms with E-state index in [4.69, 9.17) is 10.3 Å². The second-order valence-electron chi connectivity index (χ2n) is 2.81. The maximum Gasteiger partial charge on any atom is 0.222 e. The minimum atomic E-state index is 0.318. The summed E-state index contributed by atoms with van der Waals surface area (Å²) in [6.45, 7) is 1.99. The maximum absolute atomic E-state index is 5.42. The van der Waals surface area contributed by atoms with Gasteiger partial charge < -0.3 is 10.3 Å². The van der Waals surface area contributed by atoms with E-state index in [2.05, 4.69) is 10.1 Å². The molecule has 2 rings (SSSR count). The van der Waals surface area contributed by atoms with Gasteiger partial charge in [0.25, 0.3) is 0 Å². The highest BCUT2D eigenvalue weighted by molar-refractivity contribution is 5.63. The lowest BCUT2D eigenvalue weighted by Gasteiger charge is -1.97. The van der Waals surface area contributed by atoms with Crippen LogP contribution in [0.25, 0.3) is 11.3 Å². The summed E-state index contributed by atoms with van der Waals surface area (Å²) in [5.74, 6) is 0.318. The van der Waals surface area contributed by atoms with Gasteiger partial charge in [0, 0.05) is 24.0 Å². The fourth-order valence-corrected chi connectivity index (χ4v) is 1.15. The first kappa shape index (κ1) is 7.79. The molecule has 0 radical (unpaired) electrons. The van der Waals surface area contributed by atoms with Crippen LogP contribution in [0.2, 0.25) is 0 Å². The Kier molecular flexibility index (Phi) is 1.73. The molecule has 4 heteroatoms. The first-order chi connectivity index (χ1) is 6.27. The standard InChI is InChI=1S/C9H9N3O/c1-6-2-3-11-5-7(6)8-4-9(10)13-12-8/h2-5H,10H2,1H3. The van der Waals surface area contributed by atoms with Crippen LogP contribution < -0.4 is 5.73 Å². The van der Waals surface area contributed by atoms with E-state index < -0.39 is 0 Å². The van der Waals surface area contributed by atoms with Crippen molar-refractivity contribution in [2.45, 2.75) is 6.92 Å². The van der Waals surface area contributed by atoms with E-state index in [1.807, 2.05) is 13.0 Å². The van der Waals surface area contributed by atoms with Crippen LogP contribution in [0, 0.1) is 6.92 Å². The Morgan fingerprint density at radius 3 is 2.92 bits per heavy atom. The van der Waals surface area contributed by atoms with Gasteiger partial charge in [-0.3, -0.25) is 4.98 Å². The van der Waals surface area contributed by atoms with Crippen LogP contribution >= 0.6 is 0 Å². The van der Waals surface area contributed by atoms with Crippen molar-refractivity contribution in [2.24, 2.45) is 0 Å². The molecule has 2 heterocycles. The smallest absolute Gasteiger partial charge is 0.222 e. The third-order valence-electron chi connectivity index (χ3n) is 1.84. The summed E-state index contributed by atoms with van der Waals surface area (Å²) in [5.41, 5.74) is 8.19.